The summed E-state index contributed by atoms with van der Waals surface area (Å²) in [6, 6.07) is 16.2. The number of carbonyl (C=O) groups is 1. The summed E-state index contributed by atoms with van der Waals surface area (Å²) in [5.74, 6) is 0.483. The van der Waals surface area contributed by atoms with E-state index < -0.39 is 0 Å². The number of nitrogens with zero attached hydrogens (tertiary/aromatic N) is 3. The van der Waals surface area contributed by atoms with Crippen LogP contribution in [0.4, 0.5) is 16.5 Å². The molecular formula is C19H18N4OS2. The first-order valence-corrected chi connectivity index (χ1v) is 10.2. The third kappa shape index (κ3) is 3.73. The monoisotopic (exact) mass is 382 g/mol. The van der Waals surface area contributed by atoms with Crippen molar-refractivity contribution in [2.24, 2.45) is 0 Å². The fraction of sp³-hybridized carbons (Fsp3) is 0.211. The van der Waals surface area contributed by atoms with Gasteiger partial charge in [-0.05, 0) is 42.7 Å². The quantitative estimate of drug-likeness (QED) is 0.668. The molecule has 4 rings (SSSR count). The number of carbonyl (C=O) groups excluding carboxylic acids is 1. The van der Waals surface area contributed by atoms with Crippen molar-refractivity contribution in [1.82, 2.24) is 10.2 Å². The predicted octanol–water partition coefficient (Wildman–Crippen LogP) is 4.27. The zero-order chi connectivity index (χ0) is 17.9. The molecule has 1 N–H and O–H groups in total. The number of hydrogen-bond acceptors (Lipinski definition) is 6. The van der Waals surface area contributed by atoms with Crippen LogP contribution >= 0.6 is 23.1 Å². The molecular weight excluding hydrogens is 364 g/mol. The van der Waals surface area contributed by atoms with Gasteiger partial charge in [0, 0.05) is 17.9 Å². The molecule has 5 nitrogen and oxygen atoms in total. The fourth-order valence-electron chi connectivity index (χ4n) is 2.96. The molecule has 3 aromatic rings. The standard InChI is InChI=1S/C19H18N4OS2/c1-13-5-4-7-15(11-13)20-18-21-22-19(26-18)25-12-17(24)23-10-9-14-6-2-3-8-16(14)23/h2-8,11H,9-10,12H2,1H3,(H,20,21). The second-order valence-electron chi connectivity index (χ2n) is 6.08. The third-order valence-electron chi connectivity index (χ3n) is 4.18. The van der Waals surface area contributed by atoms with E-state index in [9.17, 15) is 4.79 Å². The van der Waals surface area contributed by atoms with E-state index in [1.165, 1.54) is 34.2 Å². The van der Waals surface area contributed by atoms with Gasteiger partial charge >= 0.3 is 0 Å². The maximum Gasteiger partial charge on any atom is 0.237 e. The van der Waals surface area contributed by atoms with Crippen LogP contribution in [0.3, 0.4) is 0 Å². The smallest absolute Gasteiger partial charge is 0.237 e. The molecule has 0 atom stereocenters. The molecule has 1 aliphatic rings. The Labute approximate surface area is 160 Å². The summed E-state index contributed by atoms with van der Waals surface area (Å²) < 4.78 is 0.793. The van der Waals surface area contributed by atoms with Crippen LogP contribution < -0.4 is 10.2 Å². The van der Waals surface area contributed by atoms with E-state index in [1.807, 2.05) is 35.2 Å². The van der Waals surface area contributed by atoms with Gasteiger partial charge in [0.1, 0.15) is 0 Å². The lowest BCUT2D eigenvalue weighted by Crippen LogP contribution is -2.30. The number of anilines is 3. The Kier molecular flexibility index (Phi) is 4.90. The zero-order valence-corrected chi connectivity index (χ0v) is 15.9. The first-order chi connectivity index (χ1) is 12.7. The third-order valence-corrected chi connectivity index (χ3v) is 6.14. The molecule has 26 heavy (non-hydrogen) atoms. The summed E-state index contributed by atoms with van der Waals surface area (Å²) in [5, 5.41) is 12.3. The van der Waals surface area contributed by atoms with E-state index in [2.05, 4.69) is 40.6 Å². The molecule has 0 fully saturated rings. The number of amides is 1. The lowest BCUT2D eigenvalue weighted by molar-refractivity contribution is -0.116. The van der Waals surface area contributed by atoms with Gasteiger partial charge in [-0.25, -0.2) is 0 Å². The first-order valence-electron chi connectivity index (χ1n) is 8.37. The van der Waals surface area contributed by atoms with Crippen molar-refractivity contribution in [3.63, 3.8) is 0 Å². The minimum Gasteiger partial charge on any atom is -0.330 e. The first kappa shape index (κ1) is 17.1. The van der Waals surface area contributed by atoms with Crippen LogP contribution in [0.5, 0.6) is 0 Å². The van der Waals surface area contributed by atoms with E-state index in [0.717, 1.165) is 33.8 Å². The minimum atomic E-state index is 0.114. The molecule has 0 radical (unpaired) electrons. The molecule has 1 amide bonds. The van der Waals surface area contributed by atoms with Crippen LogP contribution in [0.2, 0.25) is 0 Å². The molecule has 0 saturated heterocycles. The number of aromatic nitrogens is 2. The lowest BCUT2D eigenvalue weighted by Gasteiger charge is -2.16. The maximum absolute atomic E-state index is 12.6. The Morgan fingerprint density at radius 1 is 1.23 bits per heavy atom. The molecule has 0 unspecified atom stereocenters. The van der Waals surface area contributed by atoms with Gasteiger partial charge in [0.15, 0.2) is 4.34 Å². The molecule has 0 aliphatic carbocycles. The summed E-state index contributed by atoms with van der Waals surface area (Å²) in [6.45, 7) is 2.81. The van der Waals surface area contributed by atoms with Gasteiger partial charge in [-0.3, -0.25) is 4.79 Å². The van der Waals surface area contributed by atoms with Crippen molar-refractivity contribution < 1.29 is 4.79 Å². The van der Waals surface area contributed by atoms with Gasteiger partial charge in [0.05, 0.1) is 5.75 Å². The van der Waals surface area contributed by atoms with Gasteiger partial charge in [-0.1, -0.05) is 53.4 Å². The van der Waals surface area contributed by atoms with Crippen LogP contribution in [-0.2, 0) is 11.2 Å². The van der Waals surface area contributed by atoms with Crippen molar-refractivity contribution in [1.29, 1.82) is 0 Å². The van der Waals surface area contributed by atoms with Gasteiger partial charge < -0.3 is 10.2 Å². The summed E-state index contributed by atoms with van der Waals surface area (Å²) in [4.78, 5) is 14.4. The molecule has 0 saturated carbocycles. The second-order valence-corrected chi connectivity index (χ2v) is 8.28. The van der Waals surface area contributed by atoms with Gasteiger partial charge in [0.25, 0.3) is 0 Å². The topological polar surface area (TPSA) is 58.1 Å². The number of aryl methyl sites for hydroxylation is 1. The molecule has 1 aromatic heterocycles. The number of thioether (sulfide) groups is 1. The molecule has 7 heteroatoms. The van der Waals surface area contributed by atoms with Crippen molar-refractivity contribution >= 4 is 45.5 Å². The Morgan fingerprint density at radius 3 is 3.00 bits per heavy atom. The Hall–Kier alpha value is -2.38. The molecule has 0 spiro atoms. The largest absolute Gasteiger partial charge is 0.330 e. The van der Waals surface area contributed by atoms with Crippen LogP contribution in [0.15, 0.2) is 52.9 Å². The van der Waals surface area contributed by atoms with E-state index in [0.29, 0.717) is 5.75 Å². The van der Waals surface area contributed by atoms with Crippen molar-refractivity contribution in [2.75, 3.05) is 22.5 Å². The van der Waals surface area contributed by atoms with E-state index in [-0.39, 0.29) is 5.91 Å². The van der Waals surface area contributed by atoms with Crippen LogP contribution in [0.25, 0.3) is 0 Å². The van der Waals surface area contributed by atoms with Crippen molar-refractivity contribution in [3.05, 3.63) is 59.7 Å². The van der Waals surface area contributed by atoms with Gasteiger partial charge in [0.2, 0.25) is 11.0 Å². The summed E-state index contributed by atoms with van der Waals surface area (Å²) in [7, 11) is 0. The average Bonchev–Trinajstić information content (AvgIpc) is 3.26. The lowest BCUT2D eigenvalue weighted by atomic mass is 10.2. The van der Waals surface area contributed by atoms with E-state index in [1.54, 1.807) is 0 Å². The van der Waals surface area contributed by atoms with E-state index in [4.69, 9.17) is 0 Å². The van der Waals surface area contributed by atoms with Crippen LogP contribution in [0, 0.1) is 6.92 Å². The Morgan fingerprint density at radius 2 is 2.12 bits per heavy atom. The molecule has 2 heterocycles. The maximum atomic E-state index is 12.6. The number of benzene rings is 2. The highest BCUT2D eigenvalue weighted by Crippen LogP contribution is 2.31. The number of nitrogens with one attached hydrogen (secondary N) is 1. The summed E-state index contributed by atoms with van der Waals surface area (Å²) >= 11 is 2.90. The van der Waals surface area contributed by atoms with Crippen molar-refractivity contribution in [2.45, 2.75) is 17.7 Å². The van der Waals surface area contributed by atoms with Crippen molar-refractivity contribution in [3.8, 4) is 0 Å². The average molecular weight is 383 g/mol. The highest BCUT2D eigenvalue weighted by atomic mass is 32.2. The predicted molar refractivity (Wildman–Crippen MR) is 108 cm³/mol. The van der Waals surface area contributed by atoms with Crippen LogP contribution in [0.1, 0.15) is 11.1 Å². The second kappa shape index (κ2) is 7.47. The summed E-state index contributed by atoms with van der Waals surface area (Å²) in [5.41, 5.74) is 4.46. The van der Waals surface area contributed by atoms with Gasteiger partial charge in [-0.15, -0.1) is 10.2 Å². The number of fused-ring (bicyclic) bond motifs is 1. The Balaban J connectivity index is 1.36. The zero-order valence-electron chi connectivity index (χ0n) is 14.3. The molecule has 132 valence electrons. The minimum absolute atomic E-state index is 0.114. The van der Waals surface area contributed by atoms with E-state index >= 15 is 0 Å². The Bertz CT molecular complexity index is 941. The molecule has 2 aromatic carbocycles. The molecule has 0 bridgehead atoms. The fourth-order valence-corrected chi connectivity index (χ4v) is 4.61. The molecule has 1 aliphatic heterocycles. The number of para-hydroxylation sites is 1. The SMILES string of the molecule is Cc1cccc(Nc2nnc(SCC(=O)N3CCc4ccccc43)s2)c1. The van der Waals surface area contributed by atoms with Crippen LogP contribution in [-0.4, -0.2) is 28.4 Å². The number of hydrogen-bond donors (Lipinski definition) is 1. The van der Waals surface area contributed by atoms with Gasteiger partial charge in [-0.2, -0.15) is 0 Å². The normalized spacial score (nSPS) is 12.9. The summed E-state index contributed by atoms with van der Waals surface area (Å²) in [6.07, 6.45) is 0.927. The highest BCUT2D eigenvalue weighted by Gasteiger charge is 2.24. The highest BCUT2D eigenvalue weighted by molar-refractivity contribution is 8.01. The number of rotatable bonds is 5.